The maximum Gasteiger partial charge on any atom is 0.200 e. The second-order valence-electron chi connectivity index (χ2n) is 5.52. The van der Waals surface area contributed by atoms with Gasteiger partial charge < -0.3 is 5.32 Å². The Labute approximate surface area is 112 Å². The molecule has 0 aliphatic heterocycles. The Morgan fingerprint density at radius 3 is 3.05 bits per heavy atom. The van der Waals surface area contributed by atoms with Gasteiger partial charge in [0, 0.05) is 6.04 Å². The average molecular weight is 260 g/mol. The Morgan fingerprint density at radius 1 is 1.37 bits per heavy atom. The monoisotopic (exact) mass is 260 g/mol. The quantitative estimate of drug-likeness (QED) is 0.893. The molecule has 0 saturated heterocycles. The molecule has 3 rings (SSSR count). The Balaban J connectivity index is 1.54. The minimum Gasteiger partial charge on any atom is -0.366 e. The smallest absolute Gasteiger partial charge is 0.200 e. The minimum atomic E-state index is 0.432. The molecule has 0 spiro atoms. The average Bonchev–Trinajstić information content (AvgIpc) is 3.07. The van der Waals surface area contributed by atoms with Crippen LogP contribution in [0.2, 0.25) is 0 Å². The van der Waals surface area contributed by atoms with Gasteiger partial charge >= 0.3 is 0 Å². The van der Waals surface area contributed by atoms with E-state index in [0.717, 1.165) is 11.7 Å². The van der Waals surface area contributed by atoms with Crippen LogP contribution in [0.25, 0.3) is 5.65 Å². The predicted octanol–water partition coefficient (Wildman–Crippen LogP) is 2.29. The molecule has 2 heterocycles. The summed E-state index contributed by atoms with van der Waals surface area (Å²) >= 11 is 0. The van der Waals surface area contributed by atoms with E-state index < -0.39 is 0 Å². The number of fused-ring (bicyclic) bond motifs is 1. The van der Waals surface area contributed by atoms with E-state index in [0.29, 0.717) is 11.7 Å². The first-order chi connectivity index (χ1) is 9.31. The molecule has 1 atom stereocenters. The van der Waals surface area contributed by atoms with Crippen molar-refractivity contribution < 1.29 is 0 Å². The first kappa shape index (κ1) is 12.3. The summed E-state index contributed by atoms with van der Waals surface area (Å²) in [6.07, 6.45) is 8.19. The number of anilines is 1. The summed E-state index contributed by atoms with van der Waals surface area (Å²) in [5, 5.41) is 19.0. The Hall–Kier alpha value is -1.72. The SMILES string of the molecule is CC(CCC1CCCC1)Nc1ccc2nnnn2n1. The second kappa shape index (κ2) is 5.50. The van der Waals surface area contributed by atoms with Crippen LogP contribution in [0.5, 0.6) is 0 Å². The van der Waals surface area contributed by atoms with E-state index in [1.165, 1.54) is 43.2 Å². The van der Waals surface area contributed by atoms with Crippen molar-refractivity contribution in [3.05, 3.63) is 12.1 Å². The van der Waals surface area contributed by atoms with Crippen molar-refractivity contribution in [1.82, 2.24) is 25.3 Å². The molecule has 1 fully saturated rings. The Morgan fingerprint density at radius 2 is 2.21 bits per heavy atom. The summed E-state index contributed by atoms with van der Waals surface area (Å²) in [5.41, 5.74) is 0.671. The van der Waals surface area contributed by atoms with Crippen molar-refractivity contribution in [3.63, 3.8) is 0 Å². The van der Waals surface area contributed by atoms with Crippen LogP contribution in [-0.4, -0.2) is 31.3 Å². The van der Waals surface area contributed by atoms with E-state index in [2.05, 4.69) is 32.9 Å². The zero-order valence-corrected chi connectivity index (χ0v) is 11.3. The number of nitrogens with zero attached hydrogens (tertiary/aromatic N) is 5. The van der Waals surface area contributed by atoms with Crippen molar-refractivity contribution in [3.8, 4) is 0 Å². The maximum atomic E-state index is 4.32. The molecule has 1 aliphatic carbocycles. The molecule has 102 valence electrons. The Kier molecular flexibility index (Phi) is 3.57. The summed E-state index contributed by atoms with van der Waals surface area (Å²) in [6, 6.07) is 4.23. The van der Waals surface area contributed by atoms with Crippen LogP contribution in [0, 0.1) is 5.92 Å². The first-order valence-corrected chi connectivity index (χ1v) is 7.13. The van der Waals surface area contributed by atoms with E-state index >= 15 is 0 Å². The van der Waals surface area contributed by atoms with Crippen LogP contribution < -0.4 is 5.32 Å². The third-order valence-corrected chi connectivity index (χ3v) is 3.95. The number of hydrogen-bond donors (Lipinski definition) is 1. The molecule has 0 bridgehead atoms. The molecule has 19 heavy (non-hydrogen) atoms. The van der Waals surface area contributed by atoms with Crippen LogP contribution in [-0.2, 0) is 0 Å². The Bertz CT molecular complexity index is 531. The van der Waals surface area contributed by atoms with Crippen molar-refractivity contribution in [2.45, 2.75) is 51.5 Å². The van der Waals surface area contributed by atoms with Gasteiger partial charge in [-0.2, -0.15) is 0 Å². The standard InChI is InChI=1S/C13H20N6/c1-10(6-7-11-4-2-3-5-11)14-12-8-9-13-15-17-18-19(13)16-12/h8-11H,2-7H2,1H3,(H,14,16). The maximum absolute atomic E-state index is 4.32. The number of tetrazole rings is 1. The van der Waals surface area contributed by atoms with Gasteiger partial charge in [-0.15, -0.1) is 14.8 Å². The van der Waals surface area contributed by atoms with Gasteiger partial charge in [-0.1, -0.05) is 25.7 Å². The zero-order valence-electron chi connectivity index (χ0n) is 11.3. The fourth-order valence-electron chi connectivity index (χ4n) is 2.84. The van der Waals surface area contributed by atoms with E-state index in [1.807, 2.05) is 12.1 Å². The molecule has 2 aromatic rings. The zero-order chi connectivity index (χ0) is 13.1. The van der Waals surface area contributed by atoms with E-state index in [-0.39, 0.29) is 0 Å². The highest BCUT2D eigenvalue weighted by Crippen LogP contribution is 2.29. The first-order valence-electron chi connectivity index (χ1n) is 7.13. The number of aromatic nitrogens is 5. The molecule has 1 saturated carbocycles. The van der Waals surface area contributed by atoms with Crippen LogP contribution in [0.4, 0.5) is 5.82 Å². The molecule has 6 nitrogen and oxygen atoms in total. The van der Waals surface area contributed by atoms with Gasteiger partial charge in [-0.25, -0.2) is 0 Å². The van der Waals surface area contributed by atoms with Crippen molar-refractivity contribution in [1.29, 1.82) is 0 Å². The van der Waals surface area contributed by atoms with Gasteiger partial charge in [0.2, 0.25) is 0 Å². The molecule has 0 amide bonds. The van der Waals surface area contributed by atoms with Crippen molar-refractivity contribution in [2.75, 3.05) is 5.32 Å². The lowest BCUT2D eigenvalue weighted by Gasteiger charge is -2.16. The molecular weight excluding hydrogens is 240 g/mol. The summed E-state index contributed by atoms with van der Waals surface area (Å²) in [7, 11) is 0. The van der Waals surface area contributed by atoms with Gasteiger partial charge in [-0.05, 0) is 48.2 Å². The largest absolute Gasteiger partial charge is 0.366 e. The van der Waals surface area contributed by atoms with Gasteiger partial charge in [-0.3, -0.25) is 0 Å². The van der Waals surface area contributed by atoms with E-state index in [9.17, 15) is 0 Å². The summed E-state index contributed by atoms with van der Waals surface area (Å²) < 4.78 is 1.45. The lowest BCUT2D eigenvalue weighted by atomic mass is 9.99. The van der Waals surface area contributed by atoms with E-state index in [4.69, 9.17) is 0 Å². The fraction of sp³-hybridized carbons (Fsp3) is 0.692. The number of rotatable bonds is 5. The molecular formula is C13H20N6. The predicted molar refractivity (Wildman–Crippen MR) is 72.9 cm³/mol. The van der Waals surface area contributed by atoms with Crippen molar-refractivity contribution in [2.24, 2.45) is 5.92 Å². The third-order valence-electron chi connectivity index (χ3n) is 3.95. The number of hydrogen-bond acceptors (Lipinski definition) is 5. The highest BCUT2D eigenvalue weighted by Gasteiger charge is 2.16. The van der Waals surface area contributed by atoms with Crippen molar-refractivity contribution >= 4 is 11.5 Å². The van der Waals surface area contributed by atoms with E-state index in [1.54, 1.807) is 0 Å². The van der Waals surface area contributed by atoms with Crippen LogP contribution in [0.15, 0.2) is 12.1 Å². The molecule has 1 N–H and O–H groups in total. The molecule has 6 heteroatoms. The highest BCUT2D eigenvalue weighted by atomic mass is 15.6. The lowest BCUT2D eigenvalue weighted by molar-refractivity contribution is 0.466. The van der Waals surface area contributed by atoms with Gasteiger partial charge in [0.1, 0.15) is 5.82 Å². The number of nitrogens with one attached hydrogen (secondary N) is 1. The van der Waals surface area contributed by atoms with Gasteiger partial charge in [0.25, 0.3) is 0 Å². The normalized spacial score (nSPS) is 17.9. The fourth-order valence-corrected chi connectivity index (χ4v) is 2.84. The van der Waals surface area contributed by atoms with Gasteiger partial charge in [0.05, 0.1) is 0 Å². The molecule has 1 aliphatic rings. The summed E-state index contributed by atoms with van der Waals surface area (Å²) in [6.45, 7) is 2.21. The molecule has 0 aromatic carbocycles. The van der Waals surface area contributed by atoms with Crippen LogP contribution >= 0.6 is 0 Å². The lowest BCUT2D eigenvalue weighted by Crippen LogP contribution is -2.17. The second-order valence-corrected chi connectivity index (χ2v) is 5.52. The summed E-state index contributed by atoms with van der Waals surface area (Å²) in [4.78, 5) is 0. The minimum absolute atomic E-state index is 0.432. The molecule has 2 aromatic heterocycles. The molecule has 0 radical (unpaired) electrons. The topological polar surface area (TPSA) is 68.0 Å². The van der Waals surface area contributed by atoms with Gasteiger partial charge in [0.15, 0.2) is 5.65 Å². The highest BCUT2D eigenvalue weighted by molar-refractivity contribution is 5.42. The van der Waals surface area contributed by atoms with Crippen LogP contribution in [0.1, 0.15) is 45.4 Å². The third kappa shape index (κ3) is 3.00. The summed E-state index contributed by atoms with van der Waals surface area (Å²) in [5.74, 6) is 1.78. The molecule has 1 unspecified atom stereocenters. The van der Waals surface area contributed by atoms with Crippen LogP contribution in [0.3, 0.4) is 0 Å².